The third kappa shape index (κ3) is 3.57. The maximum Gasteiger partial charge on any atom is 0.187 e. The van der Waals surface area contributed by atoms with Crippen molar-refractivity contribution in [1.82, 2.24) is 15.0 Å². The highest BCUT2D eigenvalue weighted by molar-refractivity contribution is 9.10. The maximum absolute atomic E-state index is 6.23. The van der Waals surface area contributed by atoms with E-state index in [0.29, 0.717) is 34.0 Å². The minimum absolute atomic E-state index is 0.551. The third-order valence-corrected chi connectivity index (χ3v) is 4.94. The molecule has 120 valence electrons. The fourth-order valence-electron chi connectivity index (χ4n) is 2.10. The summed E-state index contributed by atoms with van der Waals surface area (Å²) in [4.78, 5) is 13.3. The summed E-state index contributed by atoms with van der Waals surface area (Å²) in [6.07, 6.45) is 3.67. The number of aromatic nitrogens is 2. The van der Waals surface area contributed by atoms with Crippen LogP contribution in [0.2, 0.25) is 10.0 Å². The largest absolute Gasteiger partial charge is 0.294 e. The van der Waals surface area contributed by atoms with E-state index in [1.807, 2.05) is 11.3 Å². The number of anilines is 1. The molecule has 0 unspecified atom stereocenters. The van der Waals surface area contributed by atoms with E-state index < -0.39 is 0 Å². The minimum atomic E-state index is 0.551. The van der Waals surface area contributed by atoms with Crippen molar-refractivity contribution in [2.45, 2.75) is 5.16 Å². The molecule has 0 bridgehead atoms. The molecule has 0 saturated heterocycles. The monoisotopic (exact) mass is 431 g/mol. The molecule has 0 amide bonds. The van der Waals surface area contributed by atoms with Crippen molar-refractivity contribution in [2.75, 3.05) is 24.8 Å². The highest BCUT2D eigenvalue weighted by Crippen LogP contribution is 2.31. The van der Waals surface area contributed by atoms with E-state index >= 15 is 0 Å². The molecule has 0 saturated carbocycles. The topological polar surface area (TPSA) is 53.4 Å². The van der Waals surface area contributed by atoms with Gasteiger partial charge in [-0.3, -0.25) is 15.4 Å². The van der Waals surface area contributed by atoms with Crippen LogP contribution in [0.25, 0.3) is 0 Å². The van der Waals surface area contributed by atoms with Gasteiger partial charge in [-0.1, -0.05) is 41.0 Å². The molecule has 0 spiro atoms. The van der Waals surface area contributed by atoms with Gasteiger partial charge in [0.2, 0.25) is 0 Å². The SMILES string of the molecule is CSc1ncc(Br)c(C2=NCCN2Nc2c(Cl)cccc2Cl)n1. The minimum Gasteiger partial charge on any atom is -0.294 e. The van der Waals surface area contributed by atoms with Crippen LogP contribution in [0, 0.1) is 0 Å². The molecule has 2 heterocycles. The predicted octanol–water partition coefficient (Wildman–Crippen LogP) is 4.36. The number of para-hydroxylation sites is 1. The number of hydrazine groups is 1. The number of thioether (sulfide) groups is 1. The van der Waals surface area contributed by atoms with Gasteiger partial charge in [0.25, 0.3) is 0 Å². The van der Waals surface area contributed by atoms with Crippen molar-refractivity contribution in [3.8, 4) is 0 Å². The molecule has 1 aliphatic heterocycles. The summed E-state index contributed by atoms with van der Waals surface area (Å²) in [7, 11) is 0. The van der Waals surface area contributed by atoms with Gasteiger partial charge in [-0.2, -0.15) is 0 Å². The summed E-state index contributed by atoms with van der Waals surface area (Å²) in [6, 6.07) is 5.38. The molecule has 1 aromatic heterocycles. The van der Waals surface area contributed by atoms with Gasteiger partial charge in [-0.05, 0) is 34.3 Å². The number of benzene rings is 1. The van der Waals surface area contributed by atoms with E-state index in [1.165, 1.54) is 11.8 Å². The normalized spacial score (nSPS) is 14.1. The molecular formula is C14H12BrCl2N5S. The second kappa shape index (κ2) is 7.25. The molecule has 0 fully saturated rings. The molecule has 0 radical (unpaired) electrons. The molecule has 23 heavy (non-hydrogen) atoms. The van der Waals surface area contributed by atoms with Gasteiger partial charge >= 0.3 is 0 Å². The Balaban J connectivity index is 1.92. The number of hydrogen-bond acceptors (Lipinski definition) is 6. The zero-order chi connectivity index (χ0) is 16.4. The summed E-state index contributed by atoms with van der Waals surface area (Å²) in [5, 5.41) is 3.68. The lowest BCUT2D eigenvalue weighted by Gasteiger charge is -2.23. The lowest BCUT2D eigenvalue weighted by molar-refractivity contribution is 0.544. The van der Waals surface area contributed by atoms with Crippen LogP contribution in [0.1, 0.15) is 5.69 Å². The second-order valence-electron chi connectivity index (χ2n) is 4.62. The smallest absolute Gasteiger partial charge is 0.187 e. The Labute approximate surface area is 156 Å². The van der Waals surface area contributed by atoms with Crippen molar-refractivity contribution < 1.29 is 0 Å². The fourth-order valence-corrected chi connectivity index (χ4v) is 3.30. The van der Waals surface area contributed by atoms with Crippen LogP contribution in [0.3, 0.4) is 0 Å². The molecule has 2 aromatic rings. The molecule has 1 N–H and O–H groups in total. The Bertz CT molecular complexity index is 751. The zero-order valence-corrected chi connectivity index (χ0v) is 16.0. The standard InChI is InChI=1S/C14H12BrCl2N5S/c1-23-14-19-7-8(15)11(20-14)13-18-5-6-22(13)21-12-9(16)3-2-4-10(12)17/h2-4,7,21H,5-6H2,1H3. The van der Waals surface area contributed by atoms with E-state index in [0.717, 1.165) is 16.0 Å². The molecule has 1 aliphatic rings. The molecular weight excluding hydrogens is 421 g/mol. The van der Waals surface area contributed by atoms with Crippen LogP contribution in [0.4, 0.5) is 5.69 Å². The second-order valence-corrected chi connectivity index (χ2v) is 7.06. The Morgan fingerprint density at radius 3 is 2.74 bits per heavy atom. The van der Waals surface area contributed by atoms with Crippen LogP contribution in [-0.4, -0.2) is 40.2 Å². The van der Waals surface area contributed by atoms with Gasteiger partial charge in [-0.15, -0.1) is 0 Å². The summed E-state index contributed by atoms with van der Waals surface area (Å²) in [6.45, 7) is 1.36. The third-order valence-electron chi connectivity index (χ3n) is 3.17. The maximum atomic E-state index is 6.23. The summed E-state index contributed by atoms with van der Waals surface area (Å²) in [5.74, 6) is 0.727. The van der Waals surface area contributed by atoms with Crippen molar-refractivity contribution in [2.24, 2.45) is 4.99 Å². The first-order valence-electron chi connectivity index (χ1n) is 6.69. The molecule has 5 nitrogen and oxygen atoms in total. The Morgan fingerprint density at radius 1 is 1.30 bits per heavy atom. The van der Waals surface area contributed by atoms with Crippen LogP contribution in [0.15, 0.2) is 39.0 Å². The summed E-state index contributed by atoms with van der Waals surface area (Å²) in [5.41, 5.74) is 4.63. The van der Waals surface area contributed by atoms with Crippen molar-refractivity contribution in [3.05, 3.63) is 44.6 Å². The Morgan fingerprint density at radius 2 is 2.04 bits per heavy atom. The van der Waals surface area contributed by atoms with Gasteiger partial charge in [-0.25, -0.2) is 9.97 Å². The first kappa shape index (κ1) is 16.8. The highest BCUT2D eigenvalue weighted by Gasteiger charge is 2.24. The van der Waals surface area contributed by atoms with Crippen LogP contribution in [-0.2, 0) is 0 Å². The van der Waals surface area contributed by atoms with E-state index in [4.69, 9.17) is 23.2 Å². The van der Waals surface area contributed by atoms with Crippen LogP contribution < -0.4 is 5.43 Å². The first-order chi connectivity index (χ1) is 11.1. The Kier molecular flexibility index (Phi) is 5.31. The number of nitrogens with one attached hydrogen (secondary N) is 1. The average Bonchev–Trinajstić information content (AvgIpc) is 2.99. The fraction of sp³-hybridized carbons (Fsp3) is 0.214. The number of rotatable bonds is 4. The van der Waals surface area contributed by atoms with Gasteiger partial charge < -0.3 is 0 Å². The molecule has 1 aromatic carbocycles. The molecule has 3 rings (SSSR count). The lowest BCUT2D eigenvalue weighted by Crippen LogP contribution is -2.35. The van der Waals surface area contributed by atoms with E-state index in [-0.39, 0.29) is 0 Å². The van der Waals surface area contributed by atoms with Crippen molar-refractivity contribution in [1.29, 1.82) is 0 Å². The first-order valence-corrected chi connectivity index (χ1v) is 9.47. The van der Waals surface area contributed by atoms with E-state index in [9.17, 15) is 0 Å². The Hall–Kier alpha value is -1.02. The molecule has 9 heteroatoms. The summed E-state index contributed by atoms with van der Waals surface area (Å²) < 4.78 is 0.785. The number of nitrogens with zero attached hydrogens (tertiary/aromatic N) is 4. The lowest BCUT2D eigenvalue weighted by atomic mass is 10.3. The van der Waals surface area contributed by atoms with Crippen molar-refractivity contribution >= 4 is 62.4 Å². The highest BCUT2D eigenvalue weighted by atomic mass is 79.9. The average molecular weight is 433 g/mol. The number of aliphatic imine (C=N–C) groups is 1. The van der Waals surface area contributed by atoms with Gasteiger partial charge in [0.1, 0.15) is 5.69 Å². The van der Waals surface area contributed by atoms with Gasteiger partial charge in [0.05, 0.1) is 33.3 Å². The summed E-state index contributed by atoms with van der Waals surface area (Å²) >= 11 is 17.4. The molecule has 0 atom stereocenters. The zero-order valence-electron chi connectivity index (χ0n) is 12.1. The molecule has 0 aliphatic carbocycles. The van der Waals surface area contributed by atoms with Crippen molar-refractivity contribution in [3.63, 3.8) is 0 Å². The van der Waals surface area contributed by atoms with Gasteiger partial charge in [0, 0.05) is 6.20 Å². The van der Waals surface area contributed by atoms with E-state index in [1.54, 1.807) is 24.4 Å². The van der Waals surface area contributed by atoms with Crippen LogP contribution in [0.5, 0.6) is 0 Å². The quantitative estimate of drug-likeness (QED) is 0.574. The van der Waals surface area contributed by atoms with E-state index in [2.05, 4.69) is 36.3 Å². The van der Waals surface area contributed by atoms with Gasteiger partial charge in [0.15, 0.2) is 11.0 Å². The number of halogens is 3. The van der Waals surface area contributed by atoms with Crippen LogP contribution >= 0.6 is 50.9 Å². The number of hydrogen-bond donors (Lipinski definition) is 1. The predicted molar refractivity (Wildman–Crippen MR) is 99.7 cm³/mol. The number of amidine groups is 1.